The van der Waals surface area contributed by atoms with Crippen molar-refractivity contribution in [3.8, 4) is 0 Å². The Hall–Kier alpha value is -1.04. The molecule has 1 amide bonds. The molecule has 116 valence electrons. The molecule has 1 aliphatic carbocycles. The lowest BCUT2D eigenvalue weighted by molar-refractivity contribution is -0.138. The first-order valence-corrected chi connectivity index (χ1v) is 7.78. The average molecular weight is 364 g/mol. The van der Waals surface area contributed by atoms with E-state index < -0.39 is 17.6 Å². The maximum Gasteiger partial charge on any atom is 0.417 e. The Kier molecular flexibility index (Phi) is 4.96. The van der Waals surface area contributed by atoms with E-state index >= 15 is 0 Å². The van der Waals surface area contributed by atoms with Crippen molar-refractivity contribution in [3.63, 3.8) is 0 Å². The van der Waals surface area contributed by atoms with Crippen LogP contribution in [0.5, 0.6) is 0 Å². The molecular weight excluding hydrogens is 347 g/mol. The van der Waals surface area contributed by atoms with Gasteiger partial charge in [-0.05, 0) is 37.0 Å². The fraction of sp³-hybridized carbons (Fsp3) is 0.533. The summed E-state index contributed by atoms with van der Waals surface area (Å²) in [6, 6.07) is 3.55. The summed E-state index contributed by atoms with van der Waals surface area (Å²) in [5.74, 6) is -0.0374. The lowest BCUT2D eigenvalue weighted by Gasteiger charge is -2.19. The first kappa shape index (κ1) is 16.3. The van der Waals surface area contributed by atoms with Crippen LogP contribution in [0.1, 0.15) is 48.5 Å². The summed E-state index contributed by atoms with van der Waals surface area (Å²) < 4.78 is 39.4. The molecule has 1 fully saturated rings. The average Bonchev–Trinajstić information content (AvgIpc) is 3.20. The van der Waals surface area contributed by atoms with Gasteiger partial charge in [0.05, 0.1) is 11.1 Å². The summed E-state index contributed by atoms with van der Waals surface area (Å²) in [7, 11) is 0. The van der Waals surface area contributed by atoms with E-state index in [0.29, 0.717) is 10.4 Å². The molecule has 0 bridgehead atoms. The van der Waals surface area contributed by atoms with E-state index in [2.05, 4.69) is 21.2 Å². The second-order valence-corrected chi connectivity index (χ2v) is 6.36. The number of carbonyl (C=O) groups excluding carboxylic acids is 1. The maximum absolute atomic E-state index is 13.0. The number of halogens is 4. The molecule has 1 saturated carbocycles. The van der Waals surface area contributed by atoms with Gasteiger partial charge in [-0.2, -0.15) is 13.2 Å². The van der Waals surface area contributed by atoms with E-state index in [1.54, 1.807) is 0 Å². The van der Waals surface area contributed by atoms with Crippen molar-refractivity contribution in [3.05, 3.63) is 33.8 Å². The molecule has 0 saturated heterocycles. The molecule has 0 spiro atoms. The Morgan fingerprint density at radius 2 is 2.10 bits per heavy atom. The van der Waals surface area contributed by atoms with Gasteiger partial charge in [-0.25, -0.2) is 0 Å². The van der Waals surface area contributed by atoms with Gasteiger partial charge in [0.2, 0.25) is 0 Å². The van der Waals surface area contributed by atoms with Crippen molar-refractivity contribution in [2.45, 2.75) is 44.8 Å². The third kappa shape index (κ3) is 4.46. The summed E-state index contributed by atoms with van der Waals surface area (Å²) in [4.78, 5) is 12.2. The Morgan fingerprint density at radius 1 is 1.43 bits per heavy atom. The molecule has 0 aliphatic heterocycles. The zero-order valence-electron chi connectivity index (χ0n) is 11.6. The van der Waals surface area contributed by atoms with Crippen molar-refractivity contribution < 1.29 is 18.0 Å². The standard InChI is InChI=1S/C15H17BrF3NO/c1-2-11(7-9-3-4-9)20-14(21)12-6-5-10(16)8-13(12)15(17,18)19/h5-6,8-9,11H,2-4,7H2,1H3,(H,20,21). The van der Waals surface area contributed by atoms with Crippen LogP contribution in [0.3, 0.4) is 0 Å². The molecule has 0 aromatic heterocycles. The van der Waals surface area contributed by atoms with Crippen LogP contribution >= 0.6 is 15.9 Å². The number of benzene rings is 1. The predicted molar refractivity (Wildman–Crippen MR) is 78.0 cm³/mol. The molecule has 1 aromatic rings. The van der Waals surface area contributed by atoms with Gasteiger partial charge in [-0.3, -0.25) is 4.79 Å². The summed E-state index contributed by atoms with van der Waals surface area (Å²) in [5, 5.41) is 2.73. The van der Waals surface area contributed by atoms with Crippen molar-refractivity contribution in [1.82, 2.24) is 5.32 Å². The topological polar surface area (TPSA) is 29.1 Å². The zero-order chi connectivity index (χ0) is 15.6. The minimum atomic E-state index is -4.55. The van der Waals surface area contributed by atoms with Crippen LogP contribution in [0, 0.1) is 5.92 Å². The second kappa shape index (κ2) is 6.38. The third-order valence-corrected chi connectivity index (χ3v) is 4.17. The molecule has 6 heteroatoms. The van der Waals surface area contributed by atoms with Gasteiger partial charge in [0.1, 0.15) is 0 Å². The largest absolute Gasteiger partial charge is 0.417 e. The van der Waals surface area contributed by atoms with Gasteiger partial charge in [0.15, 0.2) is 0 Å². The molecule has 21 heavy (non-hydrogen) atoms. The van der Waals surface area contributed by atoms with Crippen molar-refractivity contribution in [2.75, 3.05) is 0 Å². The molecule has 2 rings (SSSR count). The summed E-state index contributed by atoms with van der Waals surface area (Å²) in [5.41, 5.74) is -1.23. The highest BCUT2D eigenvalue weighted by Gasteiger charge is 2.36. The highest BCUT2D eigenvalue weighted by molar-refractivity contribution is 9.10. The zero-order valence-corrected chi connectivity index (χ0v) is 13.2. The molecule has 2 nitrogen and oxygen atoms in total. The highest BCUT2D eigenvalue weighted by atomic mass is 79.9. The van der Waals surface area contributed by atoms with Gasteiger partial charge in [-0.1, -0.05) is 35.7 Å². The van der Waals surface area contributed by atoms with E-state index in [0.717, 1.165) is 31.7 Å². The molecule has 0 radical (unpaired) electrons. The Balaban J connectivity index is 2.17. The minimum absolute atomic E-state index is 0.0604. The van der Waals surface area contributed by atoms with Crippen LogP contribution in [0.4, 0.5) is 13.2 Å². The summed E-state index contributed by atoms with van der Waals surface area (Å²) in [6.45, 7) is 1.93. The van der Waals surface area contributed by atoms with E-state index in [1.807, 2.05) is 6.92 Å². The van der Waals surface area contributed by atoms with E-state index in [9.17, 15) is 18.0 Å². The lowest BCUT2D eigenvalue weighted by Crippen LogP contribution is -2.35. The minimum Gasteiger partial charge on any atom is -0.349 e. The Morgan fingerprint density at radius 3 is 2.62 bits per heavy atom. The van der Waals surface area contributed by atoms with Gasteiger partial charge >= 0.3 is 6.18 Å². The number of alkyl halides is 3. The number of carbonyl (C=O) groups is 1. The van der Waals surface area contributed by atoms with E-state index in [-0.39, 0.29) is 11.6 Å². The quantitative estimate of drug-likeness (QED) is 0.801. The lowest BCUT2D eigenvalue weighted by atomic mass is 10.0. The van der Waals surface area contributed by atoms with Crippen molar-refractivity contribution >= 4 is 21.8 Å². The van der Waals surface area contributed by atoms with Gasteiger partial charge in [0, 0.05) is 10.5 Å². The van der Waals surface area contributed by atoms with E-state index in [1.165, 1.54) is 12.1 Å². The number of nitrogens with one attached hydrogen (secondary N) is 1. The number of hydrogen-bond acceptors (Lipinski definition) is 1. The third-order valence-electron chi connectivity index (χ3n) is 3.67. The number of amides is 1. The van der Waals surface area contributed by atoms with Crippen molar-refractivity contribution in [1.29, 1.82) is 0 Å². The normalized spacial score (nSPS) is 16.6. The molecule has 1 atom stereocenters. The van der Waals surface area contributed by atoms with Crippen LogP contribution in [0.25, 0.3) is 0 Å². The summed E-state index contributed by atoms with van der Waals surface area (Å²) in [6.07, 6.45) is -0.675. The number of hydrogen-bond donors (Lipinski definition) is 1. The molecule has 1 unspecified atom stereocenters. The van der Waals surface area contributed by atoms with E-state index in [4.69, 9.17) is 0 Å². The molecule has 0 heterocycles. The van der Waals surface area contributed by atoms with Crippen LogP contribution in [-0.2, 0) is 6.18 Å². The van der Waals surface area contributed by atoms with Gasteiger partial charge < -0.3 is 5.32 Å². The van der Waals surface area contributed by atoms with Crippen LogP contribution in [0.15, 0.2) is 22.7 Å². The van der Waals surface area contributed by atoms with Crippen LogP contribution in [0.2, 0.25) is 0 Å². The SMILES string of the molecule is CCC(CC1CC1)NC(=O)c1ccc(Br)cc1C(F)(F)F. The van der Waals surface area contributed by atoms with Crippen molar-refractivity contribution in [2.24, 2.45) is 5.92 Å². The van der Waals surface area contributed by atoms with Gasteiger partial charge in [-0.15, -0.1) is 0 Å². The monoisotopic (exact) mass is 363 g/mol. The molecule has 1 aromatic carbocycles. The molecule has 1 aliphatic rings. The van der Waals surface area contributed by atoms with Crippen LogP contribution < -0.4 is 5.32 Å². The Labute approximate surface area is 130 Å². The fourth-order valence-corrected chi connectivity index (χ4v) is 2.66. The maximum atomic E-state index is 13.0. The molecule has 1 N–H and O–H groups in total. The first-order valence-electron chi connectivity index (χ1n) is 6.99. The molecular formula is C15H17BrF3NO. The number of rotatable bonds is 5. The fourth-order valence-electron chi connectivity index (χ4n) is 2.30. The second-order valence-electron chi connectivity index (χ2n) is 5.45. The smallest absolute Gasteiger partial charge is 0.349 e. The van der Waals surface area contributed by atoms with Gasteiger partial charge in [0.25, 0.3) is 5.91 Å². The first-order chi connectivity index (χ1) is 9.81. The highest BCUT2D eigenvalue weighted by Crippen LogP contribution is 2.35. The Bertz CT molecular complexity index is 526. The van der Waals surface area contributed by atoms with Crippen LogP contribution in [-0.4, -0.2) is 11.9 Å². The summed E-state index contributed by atoms with van der Waals surface area (Å²) >= 11 is 3.01. The predicted octanol–water partition coefficient (Wildman–Crippen LogP) is 4.78.